The Labute approximate surface area is 188 Å². The second-order valence-electron chi connectivity index (χ2n) is 8.09. The molecule has 11 heteroatoms. The predicted octanol–water partition coefficient (Wildman–Crippen LogP) is 2.95. The van der Waals surface area contributed by atoms with E-state index < -0.39 is 0 Å². The van der Waals surface area contributed by atoms with Gasteiger partial charge in [0.1, 0.15) is 22.2 Å². The van der Waals surface area contributed by atoms with E-state index in [0.717, 1.165) is 58.9 Å². The first kappa shape index (κ1) is 19.5. The first-order valence-electron chi connectivity index (χ1n) is 10.7. The Balaban J connectivity index is 1.55. The van der Waals surface area contributed by atoms with Gasteiger partial charge in [-0.3, -0.25) is 9.25 Å². The molecule has 2 aliphatic heterocycles. The maximum atomic E-state index is 5.75. The normalized spacial score (nSPS) is 19.9. The van der Waals surface area contributed by atoms with E-state index in [1.165, 1.54) is 0 Å². The van der Waals surface area contributed by atoms with Crippen LogP contribution in [0, 0.1) is 6.92 Å². The molecule has 0 N–H and O–H groups in total. The van der Waals surface area contributed by atoms with Crippen molar-refractivity contribution in [2.75, 3.05) is 18.1 Å². The topological polar surface area (TPSA) is 99.7 Å². The smallest absolute Gasteiger partial charge is 0.165 e. The Morgan fingerprint density at radius 3 is 2.91 bits per heavy atom. The van der Waals surface area contributed by atoms with Gasteiger partial charge in [0.2, 0.25) is 0 Å². The predicted molar refractivity (Wildman–Crippen MR) is 120 cm³/mol. The van der Waals surface area contributed by atoms with Crippen LogP contribution in [0.1, 0.15) is 37.5 Å². The highest BCUT2D eigenvalue weighted by Crippen LogP contribution is 2.42. The van der Waals surface area contributed by atoms with Crippen LogP contribution >= 0.6 is 11.3 Å². The van der Waals surface area contributed by atoms with Gasteiger partial charge < -0.3 is 9.64 Å². The van der Waals surface area contributed by atoms with Crippen molar-refractivity contribution in [2.45, 2.75) is 38.8 Å². The van der Waals surface area contributed by atoms with Crippen LogP contribution < -0.4 is 4.90 Å². The highest BCUT2D eigenvalue weighted by Gasteiger charge is 2.40. The Hall–Kier alpha value is -3.18. The lowest BCUT2D eigenvalue weighted by Crippen LogP contribution is -2.43. The van der Waals surface area contributed by atoms with Crippen LogP contribution in [-0.4, -0.2) is 58.8 Å². The van der Waals surface area contributed by atoms with Gasteiger partial charge in [-0.1, -0.05) is 6.92 Å². The number of fused-ring (bicyclic) bond motifs is 3. The minimum Gasteiger partial charge on any atom is -0.379 e. The van der Waals surface area contributed by atoms with Crippen molar-refractivity contribution in [3.63, 3.8) is 0 Å². The number of rotatable bonds is 4. The van der Waals surface area contributed by atoms with Crippen LogP contribution in [0.15, 0.2) is 24.0 Å². The average molecular weight is 450 g/mol. The van der Waals surface area contributed by atoms with Crippen LogP contribution in [0.25, 0.3) is 27.8 Å². The molecule has 4 aromatic heterocycles. The molecule has 0 amide bonds. The highest BCUT2D eigenvalue weighted by molar-refractivity contribution is 7.13. The molecule has 6 heterocycles. The molecule has 4 aromatic rings. The van der Waals surface area contributed by atoms with E-state index in [2.05, 4.69) is 36.7 Å². The first-order valence-corrected chi connectivity index (χ1v) is 11.6. The monoisotopic (exact) mass is 449 g/mol. The van der Waals surface area contributed by atoms with Crippen LogP contribution in [0.5, 0.6) is 0 Å². The Morgan fingerprint density at radius 2 is 2.16 bits per heavy atom. The zero-order chi connectivity index (χ0) is 21.8. The second kappa shape index (κ2) is 7.45. The maximum Gasteiger partial charge on any atom is 0.165 e. The summed E-state index contributed by atoms with van der Waals surface area (Å²) >= 11 is 1.56. The van der Waals surface area contributed by atoms with Gasteiger partial charge in [-0.2, -0.15) is 5.10 Å². The molecule has 2 atom stereocenters. The molecule has 0 saturated carbocycles. The lowest BCUT2D eigenvalue weighted by atomic mass is 10.0. The molecular formula is C21H23N9OS. The van der Waals surface area contributed by atoms with Gasteiger partial charge >= 0.3 is 0 Å². The number of aromatic nitrogens is 8. The molecule has 2 aliphatic rings. The third-order valence-corrected chi connectivity index (χ3v) is 6.89. The van der Waals surface area contributed by atoms with E-state index >= 15 is 0 Å². The van der Waals surface area contributed by atoms with E-state index in [1.807, 2.05) is 31.7 Å². The fraction of sp³-hybridized carbons (Fsp3) is 0.429. The van der Waals surface area contributed by atoms with Gasteiger partial charge in [0, 0.05) is 31.4 Å². The van der Waals surface area contributed by atoms with Crippen molar-refractivity contribution in [3.05, 3.63) is 35.6 Å². The summed E-state index contributed by atoms with van der Waals surface area (Å²) < 4.78 is 9.62. The molecule has 1 fully saturated rings. The maximum absolute atomic E-state index is 5.75. The molecule has 164 valence electrons. The van der Waals surface area contributed by atoms with Gasteiger partial charge in [-0.05, 0) is 19.8 Å². The lowest BCUT2D eigenvalue weighted by Gasteiger charge is -2.40. The van der Waals surface area contributed by atoms with Gasteiger partial charge in [-0.15, -0.1) is 21.5 Å². The fourth-order valence-electron chi connectivity index (χ4n) is 4.71. The number of hydrogen-bond donors (Lipinski definition) is 0. The minimum atomic E-state index is 0.0745. The summed E-state index contributed by atoms with van der Waals surface area (Å²) in [4.78, 5) is 16.7. The number of thiazole rings is 1. The van der Waals surface area contributed by atoms with E-state index in [9.17, 15) is 0 Å². The Bertz CT molecular complexity index is 1270. The zero-order valence-electron chi connectivity index (χ0n) is 18.1. The minimum absolute atomic E-state index is 0.0745. The van der Waals surface area contributed by atoms with Crippen molar-refractivity contribution in [1.29, 1.82) is 0 Å². The van der Waals surface area contributed by atoms with Gasteiger partial charge in [0.25, 0.3) is 0 Å². The summed E-state index contributed by atoms with van der Waals surface area (Å²) in [5, 5.41) is 16.3. The summed E-state index contributed by atoms with van der Waals surface area (Å²) in [6, 6.07) is 0.310. The molecule has 0 spiro atoms. The Morgan fingerprint density at radius 1 is 1.25 bits per heavy atom. The summed E-state index contributed by atoms with van der Waals surface area (Å²) in [6.45, 7) is 5.58. The standard InChI is InChI=1S/C21H23N9OS/c1-4-15-20-26-25-12(2)29(20)16-9-23-18(24-19(16)30(15)13-5-7-31-11-13)14-10-28(3)27-17(14)21-22-6-8-32-21/h6,8-10,13,15H,4-5,7,11H2,1-3H3/t13-,15?/m1/s1. The molecule has 10 nitrogen and oxygen atoms in total. The average Bonchev–Trinajstić information content (AvgIpc) is 3.59. The molecular weight excluding hydrogens is 426 g/mol. The number of hydrogen-bond acceptors (Lipinski definition) is 9. The van der Waals surface area contributed by atoms with Gasteiger partial charge in [-0.25, -0.2) is 15.0 Å². The van der Waals surface area contributed by atoms with E-state index in [4.69, 9.17) is 14.7 Å². The van der Waals surface area contributed by atoms with Crippen LogP contribution in [-0.2, 0) is 11.8 Å². The van der Waals surface area contributed by atoms with Crippen molar-refractivity contribution < 1.29 is 4.74 Å². The zero-order valence-corrected chi connectivity index (χ0v) is 19.0. The summed E-state index contributed by atoms with van der Waals surface area (Å²) in [5.74, 6) is 3.30. The molecule has 0 aliphatic carbocycles. The summed E-state index contributed by atoms with van der Waals surface area (Å²) in [5.41, 5.74) is 2.57. The molecule has 1 unspecified atom stereocenters. The summed E-state index contributed by atoms with van der Waals surface area (Å²) in [7, 11) is 1.90. The number of ether oxygens (including phenoxy) is 1. The lowest BCUT2D eigenvalue weighted by molar-refractivity contribution is 0.191. The quantitative estimate of drug-likeness (QED) is 0.469. The molecule has 0 aromatic carbocycles. The van der Waals surface area contributed by atoms with Crippen molar-refractivity contribution in [3.8, 4) is 27.8 Å². The molecule has 6 rings (SSSR count). The van der Waals surface area contributed by atoms with Crippen molar-refractivity contribution >= 4 is 17.2 Å². The molecule has 0 bridgehead atoms. The number of nitrogens with zero attached hydrogens (tertiary/aromatic N) is 9. The third-order valence-electron chi connectivity index (χ3n) is 6.11. The molecule has 1 saturated heterocycles. The fourth-order valence-corrected chi connectivity index (χ4v) is 5.34. The first-order chi connectivity index (χ1) is 15.7. The summed E-state index contributed by atoms with van der Waals surface area (Å²) in [6.07, 6.45) is 7.47. The van der Waals surface area contributed by atoms with Gasteiger partial charge in [0.05, 0.1) is 30.5 Å². The van der Waals surface area contributed by atoms with Crippen molar-refractivity contribution in [1.82, 2.24) is 39.5 Å². The van der Waals surface area contributed by atoms with Crippen LogP contribution in [0.3, 0.4) is 0 Å². The molecule has 0 radical (unpaired) electrons. The van der Waals surface area contributed by atoms with E-state index in [-0.39, 0.29) is 12.1 Å². The van der Waals surface area contributed by atoms with Crippen molar-refractivity contribution in [2.24, 2.45) is 7.05 Å². The second-order valence-corrected chi connectivity index (χ2v) is 8.99. The van der Waals surface area contributed by atoms with Crippen LogP contribution in [0.2, 0.25) is 0 Å². The third kappa shape index (κ3) is 2.88. The van der Waals surface area contributed by atoms with E-state index in [0.29, 0.717) is 12.4 Å². The van der Waals surface area contributed by atoms with Crippen LogP contribution in [0.4, 0.5) is 5.82 Å². The molecule has 32 heavy (non-hydrogen) atoms. The Kier molecular flexibility index (Phi) is 4.54. The van der Waals surface area contributed by atoms with E-state index in [1.54, 1.807) is 22.2 Å². The highest BCUT2D eigenvalue weighted by atomic mass is 32.1. The van der Waals surface area contributed by atoms with Gasteiger partial charge in [0.15, 0.2) is 17.5 Å². The number of aryl methyl sites for hydroxylation is 2. The SMILES string of the molecule is CCC1c2nnc(C)n2-c2cnc(-c3cn(C)nc3-c3nccs3)nc2N1[C@@H]1CCOC1. The largest absolute Gasteiger partial charge is 0.379 e. The number of anilines is 1.